The van der Waals surface area contributed by atoms with Crippen LogP contribution in [0.15, 0.2) is 33.8 Å². The number of aliphatic imine (C=N–C) groups is 1. The first-order valence-corrected chi connectivity index (χ1v) is 8.40. The number of halogens is 1. The van der Waals surface area contributed by atoms with E-state index in [1.165, 1.54) is 0 Å². The molecule has 1 aromatic carbocycles. The fourth-order valence-electron chi connectivity index (χ4n) is 2.03. The molecule has 130 valence electrons. The highest BCUT2D eigenvalue weighted by molar-refractivity contribution is 6.30. The molecule has 0 aliphatic heterocycles. The summed E-state index contributed by atoms with van der Waals surface area (Å²) >= 11 is 5.98. The van der Waals surface area contributed by atoms with Crippen molar-refractivity contribution in [3.8, 4) is 11.4 Å². The van der Waals surface area contributed by atoms with Gasteiger partial charge in [-0.1, -0.05) is 28.9 Å². The Morgan fingerprint density at radius 2 is 2.12 bits per heavy atom. The van der Waals surface area contributed by atoms with Crippen LogP contribution < -0.4 is 10.6 Å². The van der Waals surface area contributed by atoms with Gasteiger partial charge in [0.2, 0.25) is 11.7 Å². The van der Waals surface area contributed by atoms with Crippen LogP contribution in [-0.2, 0) is 6.42 Å². The summed E-state index contributed by atoms with van der Waals surface area (Å²) < 4.78 is 5.29. The van der Waals surface area contributed by atoms with E-state index in [0.29, 0.717) is 29.7 Å². The lowest BCUT2D eigenvalue weighted by molar-refractivity contribution is 0.380. The maximum absolute atomic E-state index is 5.98. The maximum Gasteiger partial charge on any atom is 0.228 e. The van der Waals surface area contributed by atoms with Gasteiger partial charge in [-0.05, 0) is 39.8 Å². The molecule has 24 heavy (non-hydrogen) atoms. The van der Waals surface area contributed by atoms with Crippen LogP contribution in [0.4, 0.5) is 0 Å². The SMILES string of the molecule is CCNC(=NCCc1nc(-c2cccc(Cl)c2)no1)NC(C)(C)C. The predicted molar refractivity (Wildman–Crippen MR) is 97.3 cm³/mol. The number of hydrogen-bond acceptors (Lipinski definition) is 4. The van der Waals surface area contributed by atoms with Gasteiger partial charge in [-0.15, -0.1) is 0 Å². The molecule has 0 amide bonds. The van der Waals surface area contributed by atoms with Crippen molar-refractivity contribution in [1.29, 1.82) is 0 Å². The van der Waals surface area contributed by atoms with Gasteiger partial charge in [0.1, 0.15) is 0 Å². The van der Waals surface area contributed by atoms with Crippen molar-refractivity contribution >= 4 is 17.6 Å². The Bertz CT molecular complexity index is 690. The topological polar surface area (TPSA) is 75.3 Å². The summed E-state index contributed by atoms with van der Waals surface area (Å²) in [5.41, 5.74) is 0.786. The summed E-state index contributed by atoms with van der Waals surface area (Å²) in [6.07, 6.45) is 0.578. The van der Waals surface area contributed by atoms with Crippen molar-refractivity contribution < 1.29 is 4.52 Å². The van der Waals surface area contributed by atoms with Gasteiger partial charge in [0, 0.05) is 29.1 Å². The first-order valence-electron chi connectivity index (χ1n) is 8.02. The van der Waals surface area contributed by atoms with Crippen molar-refractivity contribution in [2.24, 2.45) is 4.99 Å². The van der Waals surface area contributed by atoms with E-state index in [4.69, 9.17) is 16.1 Å². The molecule has 0 atom stereocenters. The van der Waals surface area contributed by atoms with Gasteiger partial charge in [-0.2, -0.15) is 4.98 Å². The van der Waals surface area contributed by atoms with Crippen molar-refractivity contribution in [3.05, 3.63) is 35.2 Å². The molecule has 2 aromatic rings. The molecule has 0 aliphatic carbocycles. The monoisotopic (exact) mass is 349 g/mol. The van der Waals surface area contributed by atoms with E-state index >= 15 is 0 Å². The number of aromatic nitrogens is 2. The van der Waals surface area contributed by atoms with Crippen molar-refractivity contribution in [3.63, 3.8) is 0 Å². The van der Waals surface area contributed by atoms with Crippen molar-refractivity contribution in [1.82, 2.24) is 20.8 Å². The van der Waals surface area contributed by atoms with Gasteiger partial charge < -0.3 is 15.2 Å². The summed E-state index contributed by atoms with van der Waals surface area (Å²) in [4.78, 5) is 8.93. The molecule has 7 heteroatoms. The molecule has 1 aromatic heterocycles. The van der Waals surface area contributed by atoms with E-state index in [2.05, 4.69) is 46.5 Å². The van der Waals surface area contributed by atoms with Gasteiger partial charge in [0.05, 0.1) is 6.54 Å². The highest BCUT2D eigenvalue weighted by Gasteiger charge is 2.12. The second kappa shape index (κ2) is 8.15. The molecule has 2 N–H and O–H groups in total. The average Bonchev–Trinajstić information content (AvgIpc) is 2.95. The zero-order chi connectivity index (χ0) is 17.6. The largest absolute Gasteiger partial charge is 0.357 e. The van der Waals surface area contributed by atoms with Crippen LogP contribution in [0, 0.1) is 0 Å². The Balaban J connectivity index is 1.98. The molecule has 6 nitrogen and oxygen atoms in total. The molecule has 0 saturated carbocycles. The van der Waals surface area contributed by atoms with Gasteiger partial charge >= 0.3 is 0 Å². The number of rotatable bonds is 5. The Labute approximate surface area is 147 Å². The van der Waals surface area contributed by atoms with E-state index in [-0.39, 0.29) is 5.54 Å². The van der Waals surface area contributed by atoms with Crippen LogP contribution in [0.3, 0.4) is 0 Å². The smallest absolute Gasteiger partial charge is 0.228 e. The van der Waals surface area contributed by atoms with E-state index in [0.717, 1.165) is 18.1 Å². The first-order chi connectivity index (χ1) is 11.4. The normalized spacial score (nSPS) is 12.3. The third kappa shape index (κ3) is 5.85. The third-order valence-corrected chi connectivity index (χ3v) is 3.22. The molecular weight excluding hydrogens is 326 g/mol. The Morgan fingerprint density at radius 3 is 2.79 bits per heavy atom. The summed E-state index contributed by atoms with van der Waals surface area (Å²) in [5.74, 6) is 1.87. The summed E-state index contributed by atoms with van der Waals surface area (Å²) in [5, 5.41) is 11.2. The van der Waals surface area contributed by atoms with Crippen LogP contribution in [0.1, 0.15) is 33.6 Å². The molecule has 2 rings (SSSR count). The number of benzene rings is 1. The summed E-state index contributed by atoms with van der Waals surface area (Å²) in [6.45, 7) is 9.68. The molecular formula is C17H24ClN5O. The molecule has 0 saturated heterocycles. The zero-order valence-electron chi connectivity index (χ0n) is 14.6. The fraction of sp³-hybridized carbons (Fsp3) is 0.471. The van der Waals surface area contributed by atoms with Crippen LogP contribution in [-0.4, -0.2) is 34.7 Å². The second-order valence-electron chi connectivity index (χ2n) is 6.41. The Morgan fingerprint density at radius 1 is 1.33 bits per heavy atom. The van der Waals surface area contributed by atoms with E-state index in [1.807, 2.05) is 31.2 Å². The average molecular weight is 350 g/mol. The molecule has 0 fully saturated rings. The number of nitrogens with one attached hydrogen (secondary N) is 2. The lowest BCUT2D eigenvalue weighted by Gasteiger charge is -2.23. The molecule has 0 unspecified atom stereocenters. The van der Waals surface area contributed by atoms with Crippen LogP contribution in [0.25, 0.3) is 11.4 Å². The Hall–Kier alpha value is -2.08. The van der Waals surface area contributed by atoms with E-state index in [1.54, 1.807) is 0 Å². The minimum atomic E-state index is -0.0504. The van der Waals surface area contributed by atoms with E-state index < -0.39 is 0 Å². The molecule has 0 aliphatic rings. The van der Waals surface area contributed by atoms with Crippen molar-refractivity contribution in [2.75, 3.05) is 13.1 Å². The third-order valence-electron chi connectivity index (χ3n) is 2.98. The molecule has 0 spiro atoms. The summed E-state index contributed by atoms with van der Waals surface area (Å²) in [6, 6.07) is 7.38. The van der Waals surface area contributed by atoms with Crippen LogP contribution >= 0.6 is 11.6 Å². The minimum Gasteiger partial charge on any atom is -0.357 e. The molecule has 0 bridgehead atoms. The highest BCUT2D eigenvalue weighted by atomic mass is 35.5. The Kier molecular flexibility index (Phi) is 6.20. The van der Waals surface area contributed by atoms with Crippen LogP contribution in [0.5, 0.6) is 0 Å². The number of nitrogens with zero attached hydrogens (tertiary/aromatic N) is 3. The molecule has 0 radical (unpaired) electrons. The number of guanidine groups is 1. The first kappa shape index (κ1) is 18.3. The zero-order valence-corrected chi connectivity index (χ0v) is 15.3. The lowest BCUT2D eigenvalue weighted by atomic mass is 10.1. The quantitative estimate of drug-likeness (QED) is 0.640. The standard InChI is InChI=1S/C17H24ClN5O/c1-5-19-16(22-17(2,3)4)20-10-9-14-21-15(23-24-14)12-7-6-8-13(18)11-12/h6-8,11H,5,9-10H2,1-4H3,(H2,19,20,22). The van der Waals surface area contributed by atoms with Crippen LogP contribution in [0.2, 0.25) is 5.02 Å². The fourth-order valence-corrected chi connectivity index (χ4v) is 2.22. The minimum absolute atomic E-state index is 0.0504. The van der Waals surface area contributed by atoms with E-state index in [9.17, 15) is 0 Å². The number of hydrogen-bond donors (Lipinski definition) is 2. The van der Waals surface area contributed by atoms with Gasteiger partial charge in [-0.3, -0.25) is 4.99 Å². The van der Waals surface area contributed by atoms with Gasteiger partial charge in [-0.25, -0.2) is 0 Å². The van der Waals surface area contributed by atoms with Gasteiger partial charge in [0.15, 0.2) is 5.96 Å². The second-order valence-corrected chi connectivity index (χ2v) is 6.84. The lowest BCUT2D eigenvalue weighted by Crippen LogP contribution is -2.47. The highest BCUT2D eigenvalue weighted by Crippen LogP contribution is 2.19. The molecule has 1 heterocycles. The maximum atomic E-state index is 5.98. The van der Waals surface area contributed by atoms with Crippen molar-refractivity contribution in [2.45, 2.75) is 39.7 Å². The summed E-state index contributed by atoms with van der Waals surface area (Å²) in [7, 11) is 0. The predicted octanol–water partition coefficient (Wildman–Crippen LogP) is 3.29. The van der Waals surface area contributed by atoms with Gasteiger partial charge in [0.25, 0.3) is 0 Å².